The van der Waals surface area contributed by atoms with Crippen molar-refractivity contribution >= 4 is 76.0 Å². The summed E-state index contributed by atoms with van der Waals surface area (Å²) in [6.45, 7) is 15.5. The molecule has 324 valence electrons. The Hall–Kier alpha value is -5.33. The summed E-state index contributed by atoms with van der Waals surface area (Å²) in [5.74, 6) is -0.150. The molecule has 19 nitrogen and oxygen atoms in total. The largest absolute Gasteiger partial charge is 0.509 e. The number of nitrogens with two attached hydrogens (primary N) is 1. The van der Waals surface area contributed by atoms with Gasteiger partial charge in [-0.25, -0.2) is 19.4 Å². The Balaban J connectivity index is 1.57. The number of aromatic nitrogens is 4. The fraction of sp³-hybridized carbons (Fsp3) is 0.513. The number of amides is 2. The SMILES string of the molecule is C#C[C@@]1(O)[C@@H](COC2SC=C(C(C)C(=O)O)N2c2ccc(N)cc2)O[C@@H](n2cnc3c(N(C(=O)OC(C)(C)C)C(=O)OC(C)(C)C)nc(Cl)nc32)[C@@H]1OC(=O)OC(C)(C)C. The van der Waals surface area contributed by atoms with Crippen LogP contribution in [-0.2, 0) is 33.2 Å². The van der Waals surface area contributed by atoms with E-state index in [0.717, 1.165) is 18.1 Å². The quantitative estimate of drug-likeness (QED) is 0.0689. The summed E-state index contributed by atoms with van der Waals surface area (Å²) >= 11 is 7.59. The molecule has 2 aliphatic rings. The maximum atomic E-state index is 13.6. The van der Waals surface area contributed by atoms with Gasteiger partial charge in [0.05, 0.1) is 18.9 Å². The standard InChI is InChI=1S/C39H48ClN7O12S/c1-12-39(53)24(17-54-34-46(22-15-13-21(41)14-16-22)23(18-60-34)20(2)30(48)49)55-29(26(39)56-35(52)59-38(9,10)11)45-19-42-25-27(45)43-31(40)44-28(25)47(32(50)57-36(3,4)5)33(51)58-37(6,7)8/h1,13-16,18-20,24,26,29,34,53H,17,41H2,2-11H3,(H,48,49)/t20?,24-,26+,29-,34?,39-/m1/s1. The second-order valence-corrected chi connectivity index (χ2v) is 18.0. The maximum absolute atomic E-state index is 13.6. The molecule has 6 atom stereocenters. The molecule has 3 aromatic rings. The maximum Gasteiger partial charge on any atom is 0.509 e. The van der Waals surface area contributed by atoms with Crippen LogP contribution in [0.1, 0.15) is 75.5 Å². The van der Waals surface area contributed by atoms with Gasteiger partial charge >= 0.3 is 24.3 Å². The first-order valence-corrected chi connectivity index (χ1v) is 19.8. The second-order valence-electron chi connectivity index (χ2n) is 16.8. The fourth-order valence-electron chi connectivity index (χ4n) is 5.90. The smallest absolute Gasteiger partial charge is 0.481 e. The summed E-state index contributed by atoms with van der Waals surface area (Å²) in [4.78, 5) is 67.6. The van der Waals surface area contributed by atoms with Gasteiger partial charge in [0.2, 0.25) is 5.28 Å². The third-order valence-electron chi connectivity index (χ3n) is 8.51. The molecule has 5 rings (SSSR count). The van der Waals surface area contributed by atoms with Gasteiger partial charge in [-0.3, -0.25) is 9.36 Å². The van der Waals surface area contributed by atoms with Crippen molar-refractivity contribution in [2.75, 3.05) is 22.1 Å². The minimum Gasteiger partial charge on any atom is -0.481 e. The molecule has 1 aromatic carbocycles. The van der Waals surface area contributed by atoms with Gasteiger partial charge in [-0.05, 0) is 111 Å². The average Bonchev–Trinajstić information content (AvgIpc) is 3.79. The number of carboxylic acids is 1. The number of carbonyl (C=O) groups excluding carboxylic acids is 3. The van der Waals surface area contributed by atoms with Gasteiger partial charge in [-0.2, -0.15) is 14.9 Å². The fourth-order valence-corrected chi connectivity index (χ4v) is 7.15. The highest BCUT2D eigenvalue weighted by Gasteiger charge is 2.59. The van der Waals surface area contributed by atoms with E-state index in [2.05, 4.69) is 20.9 Å². The molecule has 2 aromatic heterocycles. The number of thioether (sulfide) groups is 1. The number of aliphatic hydroxyl groups is 1. The second kappa shape index (κ2) is 17.0. The lowest BCUT2D eigenvalue weighted by Gasteiger charge is -2.32. The minimum absolute atomic E-state index is 0.164. The van der Waals surface area contributed by atoms with E-state index in [1.54, 1.807) is 96.9 Å². The van der Waals surface area contributed by atoms with Crippen molar-refractivity contribution in [3.8, 4) is 12.3 Å². The summed E-state index contributed by atoms with van der Waals surface area (Å²) in [5, 5.41) is 23.3. The highest BCUT2D eigenvalue weighted by molar-refractivity contribution is 8.03. The van der Waals surface area contributed by atoms with Gasteiger partial charge < -0.3 is 49.3 Å². The highest BCUT2D eigenvalue weighted by atomic mass is 35.5. The molecule has 0 radical (unpaired) electrons. The van der Waals surface area contributed by atoms with Gasteiger partial charge in [0.15, 0.2) is 40.5 Å². The van der Waals surface area contributed by atoms with Crippen molar-refractivity contribution in [1.29, 1.82) is 0 Å². The number of carbonyl (C=O) groups is 4. The van der Waals surface area contributed by atoms with Crippen molar-refractivity contribution in [3.05, 3.63) is 47.0 Å². The monoisotopic (exact) mass is 873 g/mol. The number of benzene rings is 1. The summed E-state index contributed by atoms with van der Waals surface area (Å²) in [6.07, 6.45) is -1.14. The molecular weight excluding hydrogens is 826 g/mol. The molecule has 1 fully saturated rings. The molecule has 0 aliphatic carbocycles. The zero-order chi connectivity index (χ0) is 44.7. The van der Waals surface area contributed by atoms with Crippen molar-refractivity contribution in [3.63, 3.8) is 0 Å². The number of fused-ring (bicyclic) bond motifs is 1. The Morgan fingerprint density at radius 1 is 1.02 bits per heavy atom. The van der Waals surface area contributed by atoms with Crippen LogP contribution in [0.5, 0.6) is 0 Å². The summed E-state index contributed by atoms with van der Waals surface area (Å²) in [6, 6.07) is 6.69. The van der Waals surface area contributed by atoms with E-state index in [9.17, 15) is 29.4 Å². The van der Waals surface area contributed by atoms with Crippen LogP contribution in [-0.4, -0.2) is 101 Å². The van der Waals surface area contributed by atoms with Gasteiger partial charge in [-0.15, -0.1) is 6.42 Å². The first-order valence-electron chi connectivity index (χ1n) is 18.5. The first kappa shape index (κ1) is 45.7. The molecule has 2 unspecified atom stereocenters. The number of ether oxygens (including phenoxy) is 6. The number of hydrogen-bond acceptors (Lipinski definition) is 17. The van der Waals surface area contributed by atoms with Gasteiger partial charge in [0, 0.05) is 17.1 Å². The van der Waals surface area contributed by atoms with Crippen LogP contribution in [0.4, 0.5) is 31.6 Å². The van der Waals surface area contributed by atoms with Crippen LogP contribution in [0, 0.1) is 18.3 Å². The number of hydrogen-bond donors (Lipinski definition) is 3. The van der Waals surface area contributed by atoms with E-state index >= 15 is 0 Å². The van der Waals surface area contributed by atoms with E-state index in [4.69, 9.17) is 52.2 Å². The Bertz CT molecular complexity index is 2180. The van der Waals surface area contributed by atoms with E-state index in [-0.39, 0.29) is 11.2 Å². The molecular formula is C39H48ClN7O12S. The third kappa shape index (κ3) is 10.2. The molecule has 4 heterocycles. The Labute approximate surface area is 355 Å². The molecule has 2 amide bonds. The number of imide groups is 1. The van der Waals surface area contributed by atoms with Crippen LogP contribution < -0.4 is 15.5 Å². The number of imidazole rings is 1. The van der Waals surface area contributed by atoms with Crippen LogP contribution in [0.15, 0.2) is 41.7 Å². The number of nitrogens with zero attached hydrogens (tertiary/aromatic N) is 6. The van der Waals surface area contributed by atoms with E-state index in [1.807, 2.05) is 0 Å². The molecule has 4 N–H and O–H groups in total. The lowest BCUT2D eigenvalue weighted by molar-refractivity contribution is -0.139. The number of anilines is 3. The Kier molecular flexibility index (Phi) is 12.9. The molecule has 60 heavy (non-hydrogen) atoms. The lowest BCUT2D eigenvalue weighted by Crippen LogP contribution is -2.51. The summed E-state index contributed by atoms with van der Waals surface area (Å²) in [5.41, 5.74) is 0.532. The van der Waals surface area contributed by atoms with Crippen molar-refractivity contribution in [2.24, 2.45) is 5.92 Å². The minimum atomic E-state index is -2.43. The first-order chi connectivity index (χ1) is 27.7. The lowest BCUT2D eigenvalue weighted by atomic mass is 9.93. The van der Waals surface area contributed by atoms with Gasteiger partial charge in [-0.1, -0.05) is 17.7 Å². The van der Waals surface area contributed by atoms with Crippen molar-refractivity contribution in [2.45, 2.75) is 116 Å². The number of carboxylic acid groups (broad SMARTS) is 1. The number of terminal acetylenes is 1. The van der Waals surface area contributed by atoms with E-state index < -0.39 is 94.3 Å². The molecule has 2 aliphatic heterocycles. The van der Waals surface area contributed by atoms with E-state index in [0.29, 0.717) is 22.0 Å². The van der Waals surface area contributed by atoms with Crippen LogP contribution in [0.3, 0.4) is 0 Å². The zero-order valence-electron chi connectivity index (χ0n) is 34.7. The van der Waals surface area contributed by atoms with Gasteiger partial charge in [0.25, 0.3) is 0 Å². The molecule has 1 saturated heterocycles. The molecule has 0 saturated carbocycles. The van der Waals surface area contributed by atoms with E-state index in [1.165, 1.54) is 11.5 Å². The normalized spacial score (nSPS) is 22.4. The van der Waals surface area contributed by atoms with Crippen LogP contribution in [0.2, 0.25) is 5.28 Å². The van der Waals surface area contributed by atoms with Crippen molar-refractivity contribution in [1.82, 2.24) is 19.5 Å². The highest BCUT2D eigenvalue weighted by Crippen LogP contribution is 2.44. The Morgan fingerprint density at radius 3 is 2.13 bits per heavy atom. The molecule has 21 heteroatoms. The topological polar surface area (TPSA) is 240 Å². The third-order valence-corrected chi connectivity index (χ3v) is 9.64. The summed E-state index contributed by atoms with van der Waals surface area (Å²) < 4.78 is 36.1. The van der Waals surface area contributed by atoms with Crippen molar-refractivity contribution < 1.29 is 57.8 Å². The Morgan fingerprint density at radius 2 is 1.60 bits per heavy atom. The van der Waals surface area contributed by atoms with Crippen LogP contribution in [0.25, 0.3) is 11.2 Å². The predicted octanol–water partition coefficient (Wildman–Crippen LogP) is 6.44. The zero-order valence-corrected chi connectivity index (χ0v) is 36.2. The molecule has 0 spiro atoms. The predicted molar refractivity (Wildman–Crippen MR) is 220 cm³/mol. The molecule has 0 bridgehead atoms. The van der Waals surface area contributed by atoms with Crippen LogP contribution >= 0.6 is 23.4 Å². The number of halogens is 1. The number of rotatable bonds is 9. The average molecular weight is 874 g/mol. The number of nitrogen functional groups attached to an aromatic ring is 1. The summed E-state index contributed by atoms with van der Waals surface area (Å²) in [7, 11) is 0. The van der Waals surface area contributed by atoms with Gasteiger partial charge in [0.1, 0.15) is 22.9 Å². The number of aliphatic carboxylic acids is 1.